The van der Waals surface area contributed by atoms with Crippen LogP contribution in [0.1, 0.15) is 69.5 Å². The van der Waals surface area contributed by atoms with Crippen molar-refractivity contribution in [2.24, 2.45) is 5.92 Å². The van der Waals surface area contributed by atoms with Gasteiger partial charge in [-0.3, -0.25) is 14.7 Å². The molecule has 1 aliphatic carbocycles. The van der Waals surface area contributed by atoms with Crippen LogP contribution in [-0.4, -0.2) is 28.1 Å². The molecule has 1 aliphatic rings. The van der Waals surface area contributed by atoms with Crippen LogP contribution in [0.2, 0.25) is 0 Å². The number of carbonyl (C=O) groups excluding carboxylic acids is 2. The summed E-state index contributed by atoms with van der Waals surface area (Å²) < 4.78 is 0. The summed E-state index contributed by atoms with van der Waals surface area (Å²) in [7, 11) is 0. The van der Waals surface area contributed by atoms with Gasteiger partial charge in [0.15, 0.2) is 0 Å². The molecular formula is C23H32N4O2. The van der Waals surface area contributed by atoms with Gasteiger partial charge in [-0.15, -0.1) is 0 Å². The summed E-state index contributed by atoms with van der Waals surface area (Å²) in [5.74, 6) is 1.07. The molecule has 1 aromatic heterocycles. The molecule has 2 amide bonds. The summed E-state index contributed by atoms with van der Waals surface area (Å²) in [6, 6.07) is 11.6. The number of aromatic amines is 1. The second-order valence-electron chi connectivity index (χ2n) is 8.28. The molecule has 0 aliphatic heterocycles. The quantitative estimate of drug-likeness (QED) is 0.626. The number of H-pyrrole nitrogens is 1. The molecule has 0 bridgehead atoms. The van der Waals surface area contributed by atoms with E-state index in [0.717, 1.165) is 25.0 Å². The molecule has 1 saturated carbocycles. The van der Waals surface area contributed by atoms with Crippen molar-refractivity contribution in [3.63, 3.8) is 0 Å². The minimum absolute atomic E-state index is 0.0402. The molecule has 0 saturated heterocycles. The Morgan fingerprint density at radius 2 is 1.86 bits per heavy atom. The monoisotopic (exact) mass is 396 g/mol. The highest BCUT2D eigenvalue weighted by atomic mass is 16.2. The van der Waals surface area contributed by atoms with Crippen LogP contribution in [-0.2, 0) is 16.0 Å². The molecule has 0 radical (unpaired) electrons. The predicted molar refractivity (Wildman–Crippen MR) is 115 cm³/mol. The molecule has 29 heavy (non-hydrogen) atoms. The van der Waals surface area contributed by atoms with Gasteiger partial charge in [-0.25, -0.2) is 0 Å². The van der Waals surface area contributed by atoms with Gasteiger partial charge in [0, 0.05) is 12.5 Å². The Morgan fingerprint density at radius 3 is 2.59 bits per heavy atom. The van der Waals surface area contributed by atoms with Gasteiger partial charge in [-0.1, -0.05) is 56.5 Å². The standard InChI is InChI=1S/C23H32N4O2/c1-16(19-11-7-4-8-12-19)13-20-15-21(27-26-20)25-23(29)17(2)24-22(28)14-18-9-5-3-6-10-18/h4,7-8,11-12,15-18H,3,5-6,9-10,13-14H2,1-2H3,(H,24,28)(H2,25,26,27,29). The number of benzene rings is 1. The van der Waals surface area contributed by atoms with Gasteiger partial charge in [-0.05, 0) is 43.6 Å². The Bertz CT molecular complexity index is 796. The second-order valence-corrected chi connectivity index (χ2v) is 8.28. The number of amides is 2. The molecule has 1 aromatic carbocycles. The molecule has 3 N–H and O–H groups in total. The lowest BCUT2D eigenvalue weighted by Crippen LogP contribution is -2.42. The van der Waals surface area contributed by atoms with Gasteiger partial charge in [-0.2, -0.15) is 5.10 Å². The molecule has 156 valence electrons. The number of hydrogen-bond donors (Lipinski definition) is 3. The first-order valence-corrected chi connectivity index (χ1v) is 10.7. The van der Waals surface area contributed by atoms with E-state index in [1.54, 1.807) is 6.92 Å². The number of carbonyl (C=O) groups is 2. The number of rotatable bonds is 8. The molecule has 6 heteroatoms. The Hall–Kier alpha value is -2.63. The zero-order valence-corrected chi connectivity index (χ0v) is 17.4. The highest BCUT2D eigenvalue weighted by molar-refractivity contribution is 5.96. The summed E-state index contributed by atoms with van der Waals surface area (Å²) in [5, 5.41) is 12.8. The van der Waals surface area contributed by atoms with E-state index < -0.39 is 6.04 Å². The van der Waals surface area contributed by atoms with Crippen LogP contribution in [0, 0.1) is 5.92 Å². The summed E-state index contributed by atoms with van der Waals surface area (Å²) in [5.41, 5.74) is 2.15. The van der Waals surface area contributed by atoms with Crippen LogP contribution in [0.15, 0.2) is 36.4 Å². The first kappa shape index (κ1) is 21.1. The van der Waals surface area contributed by atoms with E-state index in [2.05, 4.69) is 39.9 Å². The molecule has 1 fully saturated rings. The van der Waals surface area contributed by atoms with Crippen molar-refractivity contribution in [1.82, 2.24) is 15.5 Å². The third-order valence-corrected chi connectivity index (χ3v) is 5.74. The van der Waals surface area contributed by atoms with Crippen LogP contribution in [0.4, 0.5) is 5.82 Å². The first-order chi connectivity index (χ1) is 14.0. The van der Waals surface area contributed by atoms with E-state index in [0.29, 0.717) is 24.1 Å². The van der Waals surface area contributed by atoms with E-state index in [1.807, 2.05) is 24.3 Å². The van der Waals surface area contributed by atoms with Crippen LogP contribution in [0.3, 0.4) is 0 Å². The van der Waals surface area contributed by atoms with Crippen molar-refractivity contribution in [3.8, 4) is 0 Å². The molecule has 2 unspecified atom stereocenters. The van der Waals surface area contributed by atoms with E-state index in [4.69, 9.17) is 0 Å². The number of nitrogens with zero attached hydrogens (tertiary/aromatic N) is 1. The van der Waals surface area contributed by atoms with Gasteiger partial charge < -0.3 is 10.6 Å². The minimum Gasteiger partial charge on any atom is -0.345 e. The number of anilines is 1. The van der Waals surface area contributed by atoms with E-state index in [9.17, 15) is 9.59 Å². The normalized spacial score (nSPS) is 16.8. The molecule has 3 rings (SSSR count). The fraction of sp³-hybridized carbons (Fsp3) is 0.522. The molecule has 2 aromatic rings. The smallest absolute Gasteiger partial charge is 0.247 e. The fourth-order valence-electron chi connectivity index (χ4n) is 4.01. The summed E-state index contributed by atoms with van der Waals surface area (Å²) in [4.78, 5) is 24.6. The van der Waals surface area contributed by atoms with E-state index in [1.165, 1.54) is 24.8 Å². The predicted octanol–water partition coefficient (Wildman–Crippen LogP) is 4.17. The van der Waals surface area contributed by atoms with Crippen LogP contribution >= 0.6 is 0 Å². The number of aromatic nitrogens is 2. The topological polar surface area (TPSA) is 86.9 Å². The van der Waals surface area contributed by atoms with Crippen molar-refractivity contribution in [2.75, 3.05) is 5.32 Å². The van der Waals surface area contributed by atoms with Crippen LogP contribution < -0.4 is 10.6 Å². The van der Waals surface area contributed by atoms with Crippen LogP contribution in [0.5, 0.6) is 0 Å². The number of nitrogens with one attached hydrogen (secondary N) is 3. The highest BCUT2D eigenvalue weighted by Gasteiger charge is 2.21. The average Bonchev–Trinajstić information content (AvgIpc) is 3.15. The summed E-state index contributed by atoms with van der Waals surface area (Å²) in [6.07, 6.45) is 7.22. The Morgan fingerprint density at radius 1 is 1.14 bits per heavy atom. The largest absolute Gasteiger partial charge is 0.345 e. The van der Waals surface area contributed by atoms with Crippen molar-refractivity contribution in [3.05, 3.63) is 47.7 Å². The second kappa shape index (κ2) is 10.2. The van der Waals surface area contributed by atoms with Gasteiger partial charge >= 0.3 is 0 Å². The van der Waals surface area contributed by atoms with Crippen molar-refractivity contribution < 1.29 is 9.59 Å². The average molecular weight is 397 g/mol. The Kier molecular flexibility index (Phi) is 7.44. The highest BCUT2D eigenvalue weighted by Crippen LogP contribution is 2.26. The minimum atomic E-state index is -0.582. The maximum absolute atomic E-state index is 12.4. The van der Waals surface area contributed by atoms with Crippen LogP contribution in [0.25, 0.3) is 0 Å². The maximum Gasteiger partial charge on any atom is 0.247 e. The summed E-state index contributed by atoms with van der Waals surface area (Å²) in [6.45, 7) is 3.87. The SMILES string of the molecule is CC(NC(=O)CC1CCCCC1)C(=O)Nc1cc(CC(C)c2ccccc2)n[nH]1. The molecule has 6 nitrogen and oxygen atoms in total. The van der Waals surface area contributed by atoms with Crippen molar-refractivity contribution in [2.45, 2.75) is 70.8 Å². The molecule has 2 atom stereocenters. The molecular weight excluding hydrogens is 364 g/mol. The third kappa shape index (κ3) is 6.44. The summed E-state index contributed by atoms with van der Waals surface area (Å²) >= 11 is 0. The maximum atomic E-state index is 12.4. The molecule has 0 spiro atoms. The lowest BCUT2D eigenvalue weighted by Gasteiger charge is -2.21. The first-order valence-electron chi connectivity index (χ1n) is 10.7. The van der Waals surface area contributed by atoms with Crippen molar-refractivity contribution >= 4 is 17.6 Å². The zero-order chi connectivity index (χ0) is 20.6. The Balaban J connectivity index is 1.45. The molecule has 1 heterocycles. The lowest BCUT2D eigenvalue weighted by atomic mass is 9.87. The van der Waals surface area contributed by atoms with Gasteiger partial charge in [0.1, 0.15) is 11.9 Å². The van der Waals surface area contributed by atoms with Crippen molar-refractivity contribution in [1.29, 1.82) is 0 Å². The number of hydrogen-bond acceptors (Lipinski definition) is 3. The van der Waals surface area contributed by atoms with Gasteiger partial charge in [0.2, 0.25) is 11.8 Å². The lowest BCUT2D eigenvalue weighted by molar-refractivity contribution is -0.127. The van der Waals surface area contributed by atoms with Gasteiger partial charge in [0.25, 0.3) is 0 Å². The van der Waals surface area contributed by atoms with Gasteiger partial charge in [0.05, 0.1) is 5.69 Å². The fourth-order valence-corrected chi connectivity index (χ4v) is 4.01. The van der Waals surface area contributed by atoms with E-state index in [-0.39, 0.29) is 11.8 Å². The third-order valence-electron chi connectivity index (χ3n) is 5.74. The zero-order valence-electron chi connectivity index (χ0n) is 17.4. The van der Waals surface area contributed by atoms with E-state index >= 15 is 0 Å². The Labute approximate surface area is 172 Å².